The van der Waals surface area contributed by atoms with E-state index in [0.29, 0.717) is 19.5 Å². The first-order valence-corrected chi connectivity index (χ1v) is 10.1. The Labute approximate surface area is 168 Å². The van der Waals surface area contributed by atoms with E-state index in [4.69, 9.17) is 14.5 Å². The van der Waals surface area contributed by atoms with Gasteiger partial charge in [0.2, 0.25) is 5.91 Å². The van der Waals surface area contributed by atoms with E-state index in [1.807, 2.05) is 47.4 Å². The quantitative estimate of drug-likeness (QED) is 0.662. The van der Waals surface area contributed by atoms with Gasteiger partial charge in [-0.1, -0.05) is 23.5 Å². The van der Waals surface area contributed by atoms with E-state index in [0.717, 1.165) is 45.5 Å². The van der Waals surface area contributed by atoms with Gasteiger partial charge in [0.1, 0.15) is 11.5 Å². The van der Waals surface area contributed by atoms with E-state index < -0.39 is 0 Å². The third-order valence-electron chi connectivity index (χ3n) is 4.98. The molecule has 28 heavy (non-hydrogen) atoms. The Morgan fingerprint density at radius 3 is 2.54 bits per heavy atom. The van der Waals surface area contributed by atoms with Crippen LogP contribution in [-0.4, -0.2) is 56.2 Å². The highest BCUT2D eigenvalue weighted by Gasteiger charge is 2.23. The number of thiazole rings is 1. The van der Waals surface area contributed by atoms with Crippen molar-refractivity contribution in [3.05, 3.63) is 48.0 Å². The van der Waals surface area contributed by atoms with Crippen LogP contribution in [0.1, 0.15) is 5.56 Å². The predicted molar refractivity (Wildman–Crippen MR) is 112 cm³/mol. The molecule has 2 aromatic carbocycles. The molecule has 1 amide bonds. The molecule has 3 aromatic rings. The molecule has 0 radical (unpaired) electrons. The van der Waals surface area contributed by atoms with Crippen LogP contribution in [0.5, 0.6) is 11.5 Å². The van der Waals surface area contributed by atoms with Crippen molar-refractivity contribution in [2.45, 2.75) is 6.42 Å². The number of anilines is 1. The summed E-state index contributed by atoms with van der Waals surface area (Å²) in [6.07, 6.45) is 0.401. The number of amides is 1. The number of carbonyl (C=O) groups excluding carboxylic acids is 1. The van der Waals surface area contributed by atoms with Crippen LogP contribution < -0.4 is 14.4 Å². The average molecular weight is 398 g/mol. The molecule has 0 spiro atoms. The number of ether oxygens (including phenoxy) is 2. The summed E-state index contributed by atoms with van der Waals surface area (Å²) >= 11 is 1.67. The fourth-order valence-corrected chi connectivity index (χ4v) is 4.42. The van der Waals surface area contributed by atoms with E-state index in [2.05, 4.69) is 4.90 Å². The van der Waals surface area contributed by atoms with Crippen molar-refractivity contribution in [3.8, 4) is 11.5 Å². The van der Waals surface area contributed by atoms with Gasteiger partial charge in [-0.25, -0.2) is 4.98 Å². The van der Waals surface area contributed by atoms with Gasteiger partial charge in [0.15, 0.2) is 5.13 Å². The molecule has 1 fully saturated rings. The van der Waals surface area contributed by atoms with Crippen molar-refractivity contribution in [2.24, 2.45) is 0 Å². The van der Waals surface area contributed by atoms with E-state index >= 15 is 0 Å². The Bertz CT molecular complexity index is 980. The number of benzene rings is 2. The maximum absolute atomic E-state index is 12.7. The van der Waals surface area contributed by atoms with Gasteiger partial charge in [0.25, 0.3) is 0 Å². The molecule has 0 N–H and O–H groups in total. The molecular weight excluding hydrogens is 374 g/mol. The molecular formula is C21H23N3O3S. The Morgan fingerprint density at radius 2 is 1.79 bits per heavy atom. The van der Waals surface area contributed by atoms with Crippen LogP contribution in [0, 0.1) is 0 Å². The van der Waals surface area contributed by atoms with Crippen molar-refractivity contribution in [2.75, 3.05) is 45.3 Å². The first-order chi connectivity index (χ1) is 13.7. The maximum Gasteiger partial charge on any atom is 0.227 e. The van der Waals surface area contributed by atoms with E-state index in [1.165, 1.54) is 0 Å². The molecule has 1 aliphatic rings. The van der Waals surface area contributed by atoms with E-state index in [-0.39, 0.29) is 5.91 Å². The molecule has 0 bridgehead atoms. The van der Waals surface area contributed by atoms with Gasteiger partial charge < -0.3 is 19.3 Å². The fraction of sp³-hybridized carbons (Fsp3) is 0.333. The molecule has 7 heteroatoms. The SMILES string of the molecule is COc1cccc(CC(=O)N2CCN(c3nc4ccc(OC)cc4s3)CC2)c1. The molecule has 2 heterocycles. The number of hydrogen-bond acceptors (Lipinski definition) is 6. The molecule has 0 unspecified atom stereocenters. The number of aromatic nitrogens is 1. The van der Waals surface area contributed by atoms with Gasteiger partial charge in [-0.2, -0.15) is 0 Å². The lowest BCUT2D eigenvalue weighted by Crippen LogP contribution is -2.49. The number of nitrogens with zero attached hydrogens (tertiary/aromatic N) is 3. The van der Waals surface area contributed by atoms with Gasteiger partial charge in [-0.15, -0.1) is 0 Å². The zero-order chi connectivity index (χ0) is 19.5. The largest absolute Gasteiger partial charge is 0.497 e. The molecule has 146 valence electrons. The number of methoxy groups -OCH3 is 2. The summed E-state index contributed by atoms with van der Waals surface area (Å²) in [4.78, 5) is 21.6. The van der Waals surface area contributed by atoms with Crippen LogP contribution in [0.25, 0.3) is 10.2 Å². The zero-order valence-electron chi connectivity index (χ0n) is 16.1. The number of rotatable bonds is 5. The highest BCUT2D eigenvalue weighted by molar-refractivity contribution is 7.22. The van der Waals surface area contributed by atoms with Crippen molar-refractivity contribution in [3.63, 3.8) is 0 Å². The minimum atomic E-state index is 0.155. The van der Waals surface area contributed by atoms with Crippen LogP contribution >= 0.6 is 11.3 Å². The van der Waals surface area contributed by atoms with E-state index in [1.54, 1.807) is 25.6 Å². The highest BCUT2D eigenvalue weighted by Crippen LogP contribution is 2.31. The number of fused-ring (bicyclic) bond motifs is 1. The Morgan fingerprint density at radius 1 is 1.04 bits per heavy atom. The summed E-state index contributed by atoms with van der Waals surface area (Å²) in [6.45, 7) is 3.01. The zero-order valence-corrected chi connectivity index (χ0v) is 16.9. The monoisotopic (exact) mass is 397 g/mol. The summed E-state index contributed by atoms with van der Waals surface area (Å²) in [5, 5.41) is 1.00. The Balaban J connectivity index is 1.38. The summed E-state index contributed by atoms with van der Waals surface area (Å²) < 4.78 is 11.6. The summed E-state index contributed by atoms with van der Waals surface area (Å²) in [5.41, 5.74) is 1.96. The third kappa shape index (κ3) is 3.89. The van der Waals surface area contributed by atoms with Crippen LogP contribution in [0.15, 0.2) is 42.5 Å². The minimum absolute atomic E-state index is 0.155. The molecule has 1 aromatic heterocycles. The van der Waals surface area contributed by atoms with Crippen molar-refractivity contribution in [1.29, 1.82) is 0 Å². The first-order valence-electron chi connectivity index (χ1n) is 9.26. The molecule has 0 saturated carbocycles. The van der Waals surface area contributed by atoms with Crippen molar-refractivity contribution >= 4 is 32.6 Å². The van der Waals surface area contributed by atoms with Gasteiger partial charge >= 0.3 is 0 Å². The summed E-state index contributed by atoms with van der Waals surface area (Å²) in [5.74, 6) is 1.78. The van der Waals surface area contributed by atoms with Crippen molar-refractivity contribution < 1.29 is 14.3 Å². The molecule has 0 atom stereocenters. The standard InChI is InChI=1S/C21H23N3O3S/c1-26-16-5-3-4-15(12-16)13-20(25)23-8-10-24(11-9-23)21-22-18-7-6-17(27-2)14-19(18)28-21/h3-7,12,14H,8-11,13H2,1-2H3. The van der Waals surface area contributed by atoms with Crippen LogP contribution in [0.4, 0.5) is 5.13 Å². The second-order valence-electron chi connectivity index (χ2n) is 6.73. The van der Waals surface area contributed by atoms with Crippen molar-refractivity contribution in [1.82, 2.24) is 9.88 Å². The Hall–Kier alpha value is -2.80. The van der Waals surface area contributed by atoms with Crippen LogP contribution in [-0.2, 0) is 11.2 Å². The van der Waals surface area contributed by atoms with Gasteiger partial charge in [0.05, 0.1) is 30.9 Å². The summed E-state index contributed by atoms with van der Waals surface area (Å²) in [6, 6.07) is 13.6. The lowest BCUT2D eigenvalue weighted by molar-refractivity contribution is -0.130. The molecule has 4 rings (SSSR count). The third-order valence-corrected chi connectivity index (χ3v) is 6.06. The van der Waals surface area contributed by atoms with Gasteiger partial charge in [-0.3, -0.25) is 4.79 Å². The Kier molecular flexibility index (Phi) is 5.34. The topological polar surface area (TPSA) is 54.9 Å². The average Bonchev–Trinajstić information content (AvgIpc) is 3.17. The minimum Gasteiger partial charge on any atom is -0.497 e. The number of piperazine rings is 1. The number of hydrogen-bond donors (Lipinski definition) is 0. The lowest BCUT2D eigenvalue weighted by Gasteiger charge is -2.34. The first kappa shape index (κ1) is 18.6. The maximum atomic E-state index is 12.7. The van der Waals surface area contributed by atoms with Crippen LogP contribution in [0.2, 0.25) is 0 Å². The molecule has 6 nitrogen and oxygen atoms in total. The molecule has 0 aliphatic carbocycles. The normalized spacial score (nSPS) is 14.4. The summed E-state index contributed by atoms with van der Waals surface area (Å²) in [7, 11) is 3.31. The van der Waals surface area contributed by atoms with E-state index in [9.17, 15) is 4.79 Å². The van der Waals surface area contributed by atoms with Gasteiger partial charge in [-0.05, 0) is 35.9 Å². The number of carbonyl (C=O) groups is 1. The van der Waals surface area contributed by atoms with Crippen LogP contribution in [0.3, 0.4) is 0 Å². The lowest BCUT2D eigenvalue weighted by atomic mass is 10.1. The fourth-order valence-electron chi connectivity index (χ4n) is 3.37. The predicted octanol–water partition coefficient (Wildman–Crippen LogP) is 3.20. The second kappa shape index (κ2) is 8.06. The van der Waals surface area contributed by atoms with Gasteiger partial charge in [0, 0.05) is 26.2 Å². The highest BCUT2D eigenvalue weighted by atomic mass is 32.1. The molecule has 1 aliphatic heterocycles. The molecule has 1 saturated heterocycles. The second-order valence-corrected chi connectivity index (χ2v) is 7.74. The smallest absolute Gasteiger partial charge is 0.227 e.